The second-order valence-electron chi connectivity index (χ2n) is 6.24. The molecule has 0 bridgehead atoms. The molecule has 3 nitrogen and oxygen atoms in total. The van der Waals surface area contributed by atoms with Crippen molar-refractivity contribution < 1.29 is 0 Å². The number of nitrogens with one attached hydrogen (secondary N) is 1. The van der Waals surface area contributed by atoms with Gasteiger partial charge in [-0.2, -0.15) is 5.10 Å². The van der Waals surface area contributed by atoms with Crippen LogP contribution in [0, 0.1) is 0 Å². The van der Waals surface area contributed by atoms with Crippen LogP contribution in [0.5, 0.6) is 0 Å². The van der Waals surface area contributed by atoms with E-state index in [2.05, 4.69) is 51.2 Å². The Kier molecular flexibility index (Phi) is 5.86. The van der Waals surface area contributed by atoms with E-state index in [1.54, 1.807) is 0 Å². The first kappa shape index (κ1) is 15.2. The van der Waals surface area contributed by atoms with Gasteiger partial charge in [0.25, 0.3) is 0 Å². The molecule has 0 spiro atoms. The first-order valence-electron chi connectivity index (χ1n) is 7.21. The zero-order chi connectivity index (χ0) is 13.6. The number of rotatable bonds is 7. The van der Waals surface area contributed by atoms with Crippen LogP contribution in [-0.2, 0) is 12.1 Å². The molecule has 1 aromatic heterocycles. The van der Waals surface area contributed by atoms with Gasteiger partial charge in [0.1, 0.15) is 0 Å². The van der Waals surface area contributed by atoms with Crippen LogP contribution in [-0.4, -0.2) is 15.8 Å². The fourth-order valence-corrected chi connectivity index (χ4v) is 1.91. The molecule has 0 aliphatic rings. The number of hydrogen-bond acceptors (Lipinski definition) is 2. The summed E-state index contributed by atoms with van der Waals surface area (Å²) >= 11 is 0. The van der Waals surface area contributed by atoms with Crippen LogP contribution in [0.15, 0.2) is 12.4 Å². The van der Waals surface area contributed by atoms with Gasteiger partial charge < -0.3 is 5.32 Å². The maximum absolute atomic E-state index is 4.42. The Morgan fingerprint density at radius 3 is 2.61 bits per heavy atom. The van der Waals surface area contributed by atoms with Crippen molar-refractivity contribution in [2.75, 3.05) is 0 Å². The Morgan fingerprint density at radius 2 is 2.06 bits per heavy atom. The molecule has 1 aromatic rings. The minimum atomic E-state index is 0.0744. The molecule has 0 fully saturated rings. The standard InChI is InChI=1S/C15H29N3/c1-6-7-8-9-13(2)16-10-14-11-17-18(12-14)15(3,4)5/h11-13,16H,6-10H2,1-5H3. The van der Waals surface area contributed by atoms with Gasteiger partial charge >= 0.3 is 0 Å². The SMILES string of the molecule is CCCCCC(C)NCc1cnn(C(C)(C)C)c1. The molecular weight excluding hydrogens is 222 g/mol. The molecule has 0 amide bonds. The van der Waals surface area contributed by atoms with Gasteiger partial charge in [0.2, 0.25) is 0 Å². The minimum absolute atomic E-state index is 0.0744. The van der Waals surface area contributed by atoms with Crippen molar-refractivity contribution in [3.63, 3.8) is 0 Å². The molecule has 104 valence electrons. The average Bonchev–Trinajstić information content (AvgIpc) is 2.75. The van der Waals surface area contributed by atoms with E-state index in [0.29, 0.717) is 6.04 Å². The third-order valence-corrected chi connectivity index (χ3v) is 3.22. The summed E-state index contributed by atoms with van der Waals surface area (Å²) in [7, 11) is 0. The molecule has 18 heavy (non-hydrogen) atoms. The molecule has 0 radical (unpaired) electrons. The van der Waals surface area contributed by atoms with Crippen molar-refractivity contribution >= 4 is 0 Å². The lowest BCUT2D eigenvalue weighted by atomic mass is 10.1. The molecule has 1 unspecified atom stereocenters. The minimum Gasteiger partial charge on any atom is -0.310 e. The monoisotopic (exact) mass is 251 g/mol. The predicted octanol–water partition coefficient (Wildman–Crippen LogP) is 3.70. The summed E-state index contributed by atoms with van der Waals surface area (Å²) < 4.78 is 2.03. The van der Waals surface area contributed by atoms with E-state index in [1.807, 2.05) is 10.9 Å². The molecule has 1 rings (SSSR count). The summed E-state index contributed by atoms with van der Waals surface area (Å²) in [5.74, 6) is 0. The van der Waals surface area contributed by atoms with E-state index in [4.69, 9.17) is 0 Å². The summed E-state index contributed by atoms with van der Waals surface area (Å²) in [5.41, 5.74) is 1.35. The summed E-state index contributed by atoms with van der Waals surface area (Å²) in [4.78, 5) is 0. The Balaban J connectivity index is 2.33. The molecule has 1 heterocycles. The van der Waals surface area contributed by atoms with Crippen molar-refractivity contribution in [2.24, 2.45) is 0 Å². The molecule has 0 aliphatic heterocycles. The van der Waals surface area contributed by atoms with Crippen LogP contribution in [0.1, 0.15) is 65.9 Å². The van der Waals surface area contributed by atoms with E-state index in [9.17, 15) is 0 Å². The van der Waals surface area contributed by atoms with E-state index in [-0.39, 0.29) is 5.54 Å². The quantitative estimate of drug-likeness (QED) is 0.749. The van der Waals surface area contributed by atoms with Crippen LogP contribution in [0.2, 0.25) is 0 Å². The van der Waals surface area contributed by atoms with Crippen molar-refractivity contribution in [2.45, 2.75) is 78.4 Å². The highest BCUT2D eigenvalue weighted by Gasteiger charge is 2.13. The predicted molar refractivity (Wildman–Crippen MR) is 77.7 cm³/mol. The highest BCUT2D eigenvalue weighted by molar-refractivity contribution is 5.05. The van der Waals surface area contributed by atoms with Crippen LogP contribution in [0.25, 0.3) is 0 Å². The zero-order valence-electron chi connectivity index (χ0n) is 12.7. The molecule has 1 atom stereocenters. The van der Waals surface area contributed by atoms with Gasteiger partial charge in [-0.05, 0) is 34.1 Å². The second-order valence-corrected chi connectivity index (χ2v) is 6.24. The maximum atomic E-state index is 4.42. The van der Waals surface area contributed by atoms with E-state index >= 15 is 0 Å². The van der Waals surface area contributed by atoms with Crippen molar-refractivity contribution in [3.05, 3.63) is 18.0 Å². The van der Waals surface area contributed by atoms with Crippen molar-refractivity contribution in [1.29, 1.82) is 0 Å². The van der Waals surface area contributed by atoms with Gasteiger partial charge in [-0.25, -0.2) is 0 Å². The summed E-state index contributed by atoms with van der Waals surface area (Å²) in [6, 6.07) is 0.592. The molecule has 3 heteroatoms. The molecule has 0 saturated heterocycles. The lowest BCUT2D eigenvalue weighted by Crippen LogP contribution is -2.25. The van der Waals surface area contributed by atoms with Gasteiger partial charge in [0.05, 0.1) is 11.7 Å². The highest BCUT2D eigenvalue weighted by atomic mass is 15.3. The Labute approximate surface area is 112 Å². The van der Waals surface area contributed by atoms with Crippen LogP contribution in [0.3, 0.4) is 0 Å². The Bertz CT molecular complexity index is 336. The van der Waals surface area contributed by atoms with Crippen molar-refractivity contribution in [3.8, 4) is 0 Å². The largest absolute Gasteiger partial charge is 0.310 e. The van der Waals surface area contributed by atoms with Gasteiger partial charge in [0, 0.05) is 24.3 Å². The Hall–Kier alpha value is -0.830. The number of unbranched alkanes of at least 4 members (excludes halogenated alkanes) is 2. The smallest absolute Gasteiger partial charge is 0.0543 e. The topological polar surface area (TPSA) is 29.9 Å². The molecular formula is C15H29N3. The number of hydrogen-bond donors (Lipinski definition) is 1. The fraction of sp³-hybridized carbons (Fsp3) is 0.800. The van der Waals surface area contributed by atoms with Gasteiger partial charge in [-0.1, -0.05) is 26.2 Å². The molecule has 0 saturated carbocycles. The lowest BCUT2D eigenvalue weighted by molar-refractivity contribution is 0.355. The Morgan fingerprint density at radius 1 is 1.33 bits per heavy atom. The second kappa shape index (κ2) is 6.93. The average molecular weight is 251 g/mol. The normalized spacial score (nSPS) is 13.8. The first-order valence-corrected chi connectivity index (χ1v) is 7.21. The van der Waals surface area contributed by atoms with E-state index < -0.39 is 0 Å². The molecule has 0 aromatic carbocycles. The summed E-state index contributed by atoms with van der Waals surface area (Å²) in [6.07, 6.45) is 9.34. The summed E-state index contributed by atoms with van der Waals surface area (Å²) in [6.45, 7) is 12.0. The van der Waals surface area contributed by atoms with Gasteiger partial charge in [-0.15, -0.1) is 0 Å². The molecule has 1 N–H and O–H groups in total. The zero-order valence-corrected chi connectivity index (χ0v) is 12.7. The van der Waals surface area contributed by atoms with Gasteiger partial charge in [-0.3, -0.25) is 4.68 Å². The summed E-state index contributed by atoms with van der Waals surface area (Å²) in [5, 5.41) is 7.99. The fourth-order valence-electron chi connectivity index (χ4n) is 1.91. The van der Waals surface area contributed by atoms with Crippen LogP contribution in [0.4, 0.5) is 0 Å². The first-order chi connectivity index (χ1) is 8.43. The highest BCUT2D eigenvalue weighted by Crippen LogP contribution is 2.13. The van der Waals surface area contributed by atoms with Crippen LogP contribution >= 0.6 is 0 Å². The maximum Gasteiger partial charge on any atom is 0.0543 e. The van der Waals surface area contributed by atoms with Gasteiger partial charge in [0.15, 0.2) is 0 Å². The third kappa shape index (κ3) is 5.21. The molecule has 0 aliphatic carbocycles. The van der Waals surface area contributed by atoms with Crippen LogP contribution < -0.4 is 5.32 Å². The third-order valence-electron chi connectivity index (χ3n) is 3.22. The van der Waals surface area contributed by atoms with E-state index in [1.165, 1.54) is 31.2 Å². The van der Waals surface area contributed by atoms with E-state index in [0.717, 1.165) is 6.54 Å². The number of aromatic nitrogens is 2. The lowest BCUT2D eigenvalue weighted by Gasteiger charge is -2.18. The number of nitrogens with zero attached hydrogens (tertiary/aromatic N) is 2. The van der Waals surface area contributed by atoms with Crippen molar-refractivity contribution in [1.82, 2.24) is 15.1 Å².